The number of fused-ring (bicyclic) bond motifs is 1. The van der Waals surface area contributed by atoms with Crippen LogP contribution in [0.1, 0.15) is 26.2 Å². The fourth-order valence-electron chi connectivity index (χ4n) is 1.83. The van der Waals surface area contributed by atoms with E-state index in [0.29, 0.717) is 0 Å². The Balaban J connectivity index is 2.09. The molecule has 2 saturated heterocycles. The largest absolute Gasteiger partial charge is 0.376 e. The number of aliphatic hydroxyl groups is 1. The van der Waals surface area contributed by atoms with Crippen LogP contribution >= 0.6 is 0 Å². The topological polar surface area (TPSA) is 23.2 Å². The smallest absolute Gasteiger partial charge is 0.116 e. The summed E-state index contributed by atoms with van der Waals surface area (Å²) in [6.45, 7) is 3.05. The summed E-state index contributed by atoms with van der Waals surface area (Å²) in [4.78, 5) is 2.18. The molecule has 0 aromatic rings. The monoisotopic (exact) mass is 127 g/mol. The van der Waals surface area contributed by atoms with Crippen molar-refractivity contribution in [1.82, 2.24) is 4.90 Å². The third-order valence-electron chi connectivity index (χ3n) is 2.52. The number of nitrogens with zero attached hydrogens (tertiary/aromatic N) is 1. The van der Waals surface area contributed by atoms with E-state index in [2.05, 4.69) is 4.90 Å². The Morgan fingerprint density at radius 1 is 1.67 bits per heavy atom. The van der Waals surface area contributed by atoms with Gasteiger partial charge in [-0.25, -0.2) is 0 Å². The lowest BCUT2D eigenvalue weighted by Crippen LogP contribution is -2.37. The van der Waals surface area contributed by atoms with E-state index < -0.39 is 5.72 Å². The molecule has 0 spiro atoms. The summed E-state index contributed by atoms with van der Waals surface area (Å²) >= 11 is 0. The first kappa shape index (κ1) is 5.69. The number of hydrogen-bond acceptors (Lipinski definition) is 2. The van der Waals surface area contributed by atoms with Crippen LogP contribution in [-0.2, 0) is 0 Å². The molecule has 0 bridgehead atoms. The van der Waals surface area contributed by atoms with Gasteiger partial charge in [0.05, 0.1) is 0 Å². The average molecular weight is 127 g/mol. The second kappa shape index (κ2) is 1.50. The van der Waals surface area contributed by atoms with Crippen molar-refractivity contribution in [2.24, 2.45) is 0 Å². The van der Waals surface area contributed by atoms with Gasteiger partial charge in [-0.15, -0.1) is 0 Å². The van der Waals surface area contributed by atoms with E-state index >= 15 is 0 Å². The first-order valence-electron chi connectivity index (χ1n) is 3.69. The summed E-state index contributed by atoms with van der Waals surface area (Å²) in [6.07, 6.45) is 3.47. The molecule has 0 aliphatic carbocycles. The van der Waals surface area contributed by atoms with Crippen LogP contribution in [0.2, 0.25) is 0 Å². The highest BCUT2D eigenvalue weighted by atomic mass is 16.3. The first-order chi connectivity index (χ1) is 4.20. The predicted octanol–water partition coefficient (Wildman–Crippen LogP) is 0.563. The van der Waals surface area contributed by atoms with E-state index in [1.807, 2.05) is 6.92 Å². The Labute approximate surface area is 55.5 Å². The molecule has 9 heavy (non-hydrogen) atoms. The Morgan fingerprint density at radius 2 is 2.44 bits per heavy atom. The lowest BCUT2D eigenvalue weighted by atomic mass is 10.0. The molecular formula is C7H13NO. The van der Waals surface area contributed by atoms with Crippen LogP contribution in [0.25, 0.3) is 0 Å². The quantitative estimate of drug-likeness (QED) is 0.481. The van der Waals surface area contributed by atoms with E-state index in [1.165, 1.54) is 12.8 Å². The maximum absolute atomic E-state index is 9.61. The molecule has 2 aliphatic rings. The van der Waals surface area contributed by atoms with E-state index in [0.717, 1.165) is 19.0 Å². The summed E-state index contributed by atoms with van der Waals surface area (Å²) in [5, 5.41) is 9.61. The molecule has 2 aliphatic heterocycles. The van der Waals surface area contributed by atoms with Crippen LogP contribution in [0, 0.1) is 0 Å². The number of hydrogen-bond donors (Lipinski definition) is 1. The van der Waals surface area contributed by atoms with Crippen LogP contribution in [0.5, 0.6) is 0 Å². The van der Waals surface area contributed by atoms with Crippen LogP contribution in [-0.4, -0.2) is 28.3 Å². The van der Waals surface area contributed by atoms with E-state index in [4.69, 9.17) is 0 Å². The number of rotatable bonds is 0. The summed E-state index contributed by atoms with van der Waals surface area (Å²) in [7, 11) is 0. The molecule has 2 rings (SSSR count). The van der Waals surface area contributed by atoms with Crippen molar-refractivity contribution in [3.8, 4) is 0 Å². The number of piperidine rings is 1. The molecular weight excluding hydrogens is 114 g/mol. The van der Waals surface area contributed by atoms with E-state index in [1.54, 1.807) is 0 Å². The third kappa shape index (κ3) is 0.775. The van der Waals surface area contributed by atoms with Crippen LogP contribution in [0.3, 0.4) is 0 Å². The molecule has 0 amide bonds. The van der Waals surface area contributed by atoms with E-state index in [9.17, 15) is 5.11 Å². The maximum Gasteiger partial charge on any atom is 0.116 e. The lowest BCUT2D eigenvalue weighted by Gasteiger charge is -2.29. The van der Waals surface area contributed by atoms with Crippen molar-refractivity contribution in [2.75, 3.05) is 6.54 Å². The zero-order valence-electron chi connectivity index (χ0n) is 5.80. The standard InChI is InChI=1S/C7H13NO/c1-7(9)4-2-3-6-5-8(6)7/h6,9H,2-5H2,1H3. The van der Waals surface area contributed by atoms with Crippen molar-refractivity contribution in [3.63, 3.8) is 0 Å². The normalized spacial score (nSPS) is 56.7. The fourth-order valence-corrected chi connectivity index (χ4v) is 1.83. The lowest BCUT2D eigenvalue weighted by molar-refractivity contribution is -0.0597. The van der Waals surface area contributed by atoms with Gasteiger partial charge in [0.25, 0.3) is 0 Å². The summed E-state index contributed by atoms with van der Waals surface area (Å²) in [6, 6.07) is 0.730. The maximum atomic E-state index is 9.61. The fraction of sp³-hybridized carbons (Fsp3) is 1.00. The highest BCUT2D eigenvalue weighted by Crippen LogP contribution is 2.38. The Kier molecular flexibility index (Phi) is 0.945. The zero-order chi connectivity index (χ0) is 6.48. The van der Waals surface area contributed by atoms with Crippen LogP contribution < -0.4 is 0 Å². The van der Waals surface area contributed by atoms with E-state index in [-0.39, 0.29) is 0 Å². The molecule has 3 unspecified atom stereocenters. The predicted molar refractivity (Wildman–Crippen MR) is 35.0 cm³/mol. The highest BCUT2D eigenvalue weighted by molar-refractivity contribution is 4.99. The Bertz CT molecular complexity index is 133. The molecule has 2 fully saturated rings. The van der Waals surface area contributed by atoms with Gasteiger partial charge >= 0.3 is 0 Å². The van der Waals surface area contributed by atoms with Gasteiger partial charge in [0.1, 0.15) is 5.72 Å². The molecule has 1 N–H and O–H groups in total. The van der Waals surface area contributed by atoms with Gasteiger partial charge in [-0.05, 0) is 26.2 Å². The molecule has 2 nitrogen and oxygen atoms in total. The average Bonchev–Trinajstić information content (AvgIpc) is 2.43. The minimum atomic E-state index is -0.455. The summed E-state index contributed by atoms with van der Waals surface area (Å²) < 4.78 is 0. The van der Waals surface area contributed by atoms with Gasteiger partial charge < -0.3 is 5.11 Å². The van der Waals surface area contributed by atoms with Gasteiger partial charge in [0.2, 0.25) is 0 Å². The van der Waals surface area contributed by atoms with Crippen molar-refractivity contribution in [3.05, 3.63) is 0 Å². The molecule has 0 radical (unpaired) electrons. The SMILES string of the molecule is CC1(O)CCCC2CN21. The second-order valence-corrected chi connectivity index (χ2v) is 3.42. The third-order valence-corrected chi connectivity index (χ3v) is 2.52. The van der Waals surface area contributed by atoms with Gasteiger partial charge in [0.15, 0.2) is 0 Å². The highest BCUT2D eigenvalue weighted by Gasteiger charge is 2.48. The summed E-state index contributed by atoms with van der Waals surface area (Å²) in [5.41, 5.74) is -0.455. The minimum Gasteiger partial charge on any atom is -0.376 e. The van der Waals surface area contributed by atoms with Gasteiger partial charge in [-0.1, -0.05) is 0 Å². The minimum absolute atomic E-state index is 0.455. The van der Waals surface area contributed by atoms with Gasteiger partial charge in [0, 0.05) is 12.6 Å². The van der Waals surface area contributed by atoms with Crippen LogP contribution in [0.15, 0.2) is 0 Å². The molecule has 52 valence electrons. The van der Waals surface area contributed by atoms with Crippen molar-refractivity contribution in [1.29, 1.82) is 0 Å². The Morgan fingerprint density at radius 3 is 3.00 bits per heavy atom. The molecule has 0 saturated carbocycles. The molecule has 3 atom stereocenters. The molecule has 2 heterocycles. The summed E-state index contributed by atoms with van der Waals surface area (Å²) in [5.74, 6) is 0. The first-order valence-corrected chi connectivity index (χ1v) is 3.69. The van der Waals surface area contributed by atoms with Crippen LogP contribution in [0.4, 0.5) is 0 Å². The Hall–Kier alpha value is -0.0800. The van der Waals surface area contributed by atoms with Crippen molar-refractivity contribution >= 4 is 0 Å². The van der Waals surface area contributed by atoms with Gasteiger partial charge in [-0.3, -0.25) is 4.90 Å². The second-order valence-electron chi connectivity index (χ2n) is 3.42. The zero-order valence-corrected chi connectivity index (χ0v) is 5.80. The van der Waals surface area contributed by atoms with Crippen molar-refractivity contribution < 1.29 is 5.11 Å². The molecule has 0 aromatic carbocycles. The van der Waals surface area contributed by atoms with Crippen molar-refractivity contribution in [2.45, 2.75) is 38.0 Å². The molecule has 2 heteroatoms. The van der Waals surface area contributed by atoms with Gasteiger partial charge in [-0.2, -0.15) is 0 Å². The molecule has 0 aromatic heterocycles.